The van der Waals surface area contributed by atoms with Gasteiger partial charge in [0.2, 0.25) is 5.91 Å². The second-order valence-electron chi connectivity index (χ2n) is 3.87. The SMILES string of the molecule is O=C(C1CC1)N1CCC(CCl)C1. The zero-order chi connectivity index (χ0) is 8.55. The summed E-state index contributed by atoms with van der Waals surface area (Å²) in [5.74, 6) is 2.00. The molecule has 2 nitrogen and oxygen atoms in total. The Kier molecular flexibility index (Phi) is 2.26. The number of carbonyl (C=O) groups excluding carboxylic acids is 1. The molecular formula is C9H14ClNO. The number of nitrogens with zero attached hydrogens (tertiary/aromatic N) is 1. The molecule has 1 atom stereocenters. The molecule has 1 aliphatic carbocycles. The van der Waals surface area contributed by atoms with Crippen molar-refractivity contribution in [2.75, 3.05) is 19.0 Å². The van der Waals surface area contributed by atoms with Gasteiger partial charge in [-0.25, -0.2) is 0 Å². The van der Waals surface area contributed by atoms with E-state index in [9.17, 15) is 4.79 Å². The normalized spacial score (nSPS) is 29.4. The van der Waals surface area contributed by atoms with Gasteiger partial charge in [0.15, 0.2) is 0 Å². The Morgan fingerprint density at radius 2 is 2.17 bits per heavy atom. The Morgan fingerprint density at radius 3 is 2.67 bits per heavy atom. The molecule has 1 unspecified atom stereocenters. The van der Waals surface area contributed by atoms with E-state index in [1.54, 1.807) is 0 Å². The third-order valence-electron chi connectivity index (χ3n) is 2.74. The van der Waals surface area contributed by atoms with Crippen molar-refractivity contribution < 1.29 is 4.79 Å². The first-order valence-electron chi connectivity index (χ1n) is 4.66. The predicted octanol–water partition coefficient (Wildman–Crippen LogP) is 1.48. The van der Waals surface area contributed by atoms with Gasteiger partial charge in [-0.15, -0.1) is 11.6 Å². The monoisotopic (exact) mass is 187 g/mol. The zero-order valence-electron chi connectivity index (χ0n) is 7.13. The summed E-state index contributed by atoms with van der Waals surface area (Å²) in [5.41, 5.74) is 0. The van der Waals surface area contributed by atoms with Crippen LogP contribution < -0.4 is 0 Å². The third-order valence-corrected chi connectivity index (χ3v) is 3.18. The summed E-state index contributed by atoms with van der Waals surface area (Å²) in [7, 11) is 0. The molecule has 2 fully saturated rings. The fraction of sp³-hybridized carbons (Fsp3) is 0.889. The minimum Gasteiger partial charge on any atom is -0.342 e. The Balaban J connectivity index is 1.85. The number of amides is 1. The molecule has 3 heteroatoms. The van der Waals surface area contributed by atoms with Crippen LogP contribution >= 0.6 is 11.6 Å². The fourth-order valence-corrected chi connectivity index (χ4v) is 2.00. The van der Waals surface area contributed by atoms with Crippen LogP contribution in [0.1, 0.15) is 19.3 Å². The fourth-order valence-electron chi connectivity index (χ4n) is 1.75. The highest BCUT2D eigenvalue weighted by Crippen LogP contribution is 2.32. The van der Waals surface area contributed by atoms with Gasteiger partial charge in [-0.2, -0.15) is 0 Å². The summed E-state index contributed by atoms with van der Waals surface area (Å²) in [5, 5.41) is 0. The standard InChI is InChI=1S/C9H14ClNO/c10-5-7-3-4-11(6-7)9(12)8-1-2-8/h7-8H,1-6H2. The Morgan fingerprint density at radius 1 is 1.42 bits per heavy atom. The van der Waals surface area contributed by atoms with Gasteiger partial charge < -0.3 is 4.90 Å². The molecule has 0 spiro atoms. The average Bonchev–Trinajstić information content (AvgIpc) is 2.82. The van der Waals surface area contributed by atoms with Crippen molar-refractivity contribution >= 4 is 17.5 Å². The molecule has 1 aliphatic heterocycles. The zero-order valence-corrected chi connectivity index (χ0v) is 7.89. The second-order valence-corrected chi connectivity index (χ2v) is 4.18. The summed E-state index contributed by atoms with van der Waals surface area (Å²) in [6.07, 6.45) is 3.32. The van der Waals surface area contributed by atoms with E-state index in [1.807, 2.05) is 4.90 Å². The van der Waals surface area contributed by atoms with Crippen LogP contribution in [0.2, 0.25) is 0 Å². The molecule has 2 rings (SSSR count). The molecule has 0 aromatic carbocycles. The van der Waals surface area contributed by atoms with Crippen molar-refractivity contribution in [3.8, 4) is 0 Å². The van der Waals surface area contributed by atoms with Crippen LogP contribution in [0, 0.1) is 11.8 Å². The summed E-state index contributed by atoms with van der Waals surface area (Å²) in [6, 6.07) is 0. The van der Waals surface area contributed by atoms with Crippen LogP contribution in [0.3, 0.4) is 0 Å². The minimum atomic E-state index is 0.374. The Labute approximate surface area is 77.9 Å². The van der Waals surface area contributed by atoms with Crippen LogP contribution in [0.25, 0.3) is 0 Å². The predicted molar refractivity (Wildman–Crippen MR) is 48.1 cm³/mol. The van der Waals surface area contributed by atoms with Crippen LogP contribution in [0.5, 0.6) is 0 Å². The molecule has 68 valence electrons. The summed E-state index contributed by atoms with van der Waals surface area (Å²) in [6.45, 7) is 1.84. The number of rotatable bonds is 2. The van der Waals surface area contributed by atoms with E-state index in [4.69, 9.17) is 11.6 Å². The second kappa shape index (κ2) is 3.25. The lowest BCUT2D eigenvalue weighted by atomic mass is 10.2. The van der Waals surface area contributed by atoms with Crippen molar-refractivity contribution in [2.24, 2.45) is 11.8 Å². The maximum Gasteiger partial charge on any atom is 0.225 e. The van der Waals surface area contributed by atoms with E-state index in [2.05, 4.69) is 0 Å². The van der Waals surface area contributed by atoms with Crippen LogP contribution in [-0.4, -0.2) is 29.8 Å². The van der Waals surface area contributed by atoms with Crippen molar-refractivity contribution in [3.05, 3.63) is 0 Å². The summed E-state index contributed by atoms with van der Waals surface area (Å²) in [4.78, 5) is 13.5. The molecule has 0 N–H and O–H groups in total. The lowest BCUT2D eigenvalue weighted by Crippen LogP contribution is -2.30. The number of alkyl halides is 1. The van der Waals surface area contributed by atoms with E-state index in [0.717, 1.165) is 32.4 Å². The van der Waals surface area contributed by atoms with Gasteiger partial charge in [-0.05, 0) is 25.2 Å². The van der Waals surface area contributed by atoms with E-state index in [1.165, 1.54) is 0 Å². The van der Waals surface area contributed by atoms with Crippen molar-refractivity contribution in [1.29, 1.82) is 0 Å². The van der Waals surface area contributed by atoms with Gasteiger partial charge in [-0.1, -0.05) is 0 Å². The Hall–Kier alpha value is -0.240. The minimum absolute atomic E-state index is 0.374. The molecular weight excluding hydrogens is 174 g/mol. The van der Waals surface area contributed by atoms with E-state index in [-0.39, 0.29) is 0 Å². The molecule has 0 radical (unpaired) electrons. The Bertz CT molecular complexity index is 191. The highest BCUT2D eigenvalue weighted by atomic mass is 35.5. The maximum atomic E-state index is 11.6. The van der Waals surface area contributed by atoms with E-state index >= 15 is 0 Å². The molecule has 0 aromatic heterocycles. The first-order chi connectivity index (χ1) is 5.81. The quantitative estimate of drug-likeness (QED) is 0.600. The van der Waals surface area contributed by atoms with Crippen molar-refractivity contribution in [2.45, 2.75) is 19.3 Å². The van der Waals surface area contributed by atoms with Crippen LogP contribution in [0.4, 0.5) is 0 Å². The molecule has 1 saturated heterocycles. The summed E-state index contributed by atoms with van der Waals surface area (Å²) < 4.78 is 0. The number of likely N-dealkylation sites (tertiary alicyclic amines) is 1. The van der Waals surface area contributed by atoms with Crippen molar-refractivity contribution in [1.82, 2.24) is 4.90 Å². The molecule has 12 heavy (non-hydrogen) atoms. The van der Waals surface area contributed by atoms with Crippen molar-refractivity contribution in [3.63, 3.8) is 0 Å². The first kappa shape index (κ1) is 8.36. The lowest BCUT2D eigenvalue weighted by Gasteiger charge is -2.15. The highest BCUT2D eigenvalue weighted by Gasteiger charge is 2.36. The van der Waals surface area contributed by atoms with E-state index in [0.29, 0.717) is 23.6 Å². The van der Waals surface area contributed by atoms with Gasteiger partial charge in [0.1, 0.15) is 0 Å². The van der Waals surface area contributed by atoms with E-state index < -0.39 is 0 Å². The van der Waals surface area contributed by atoms with Gasteiger partial charge in [0.05, 0.1) is 0 Å². The number of hydrogen-bond donors (Lipinski definition) is 0. The number of hydrogen-bond acceptors (Lipinski definition) is 1. The topological polar surface area (TPSA) is 20.3 Å². The molecule has 1 amide bonds. The first-order valence-corrected chi connectivity index (χ1v) is 5.19. The molecule has 1 saturated carbocycles. The summed E-state index contributed by atoms with van der Waals surface area (Å²) >= 11 is 5.74. The van der Waals surface area contributed by atoms with Gasteiger partial charge in [-0.3, -0.25) is 4.79 Å². The average molecular weight is 188 g/mol. The molecule has 2 aliphatic rings. The lowest BCUT2D eigenvalue weighted by molar-refractivity contribution is -0.131. The third kappa shape index (κ3) is 1.58. The number of carbonyl (C=O) groups is 1. The largest absolute Gasteiger partial charge is 0.342 e. The molecule has 0 bridgehead atoms. The van der Waals surface area contributed by atoms with Gasteiger partial charge >= 0.3 is 0 Å². The van der Waals surface area contributed by atoms with Crippen LogP contribution in [-0.2, 0) is 4.79 Å². The van der Waals surface area contributed by atoms with Gasteiger partial charge in [0, 0.05) is 24.9 Å². The van der Waals surface area contributed by atoms with Crippen LogP contribution in [0.15, 0.2) is 0 Å². The van der Waals surface area contributed by atoms with Gasteiger partial charge in [0.25, 0.3) is 0 Å². The maximum absolute atomic E-state index is 11.6. The molecule has 1 heterocycles. The smallest absolute Gasteiger partial charge is 0.225 e. The number of halogens is 1. The highest BCUT2D eigenvalue weighted by molar-refractivity contribution is 6.18. The molecule has 0 aromatic rings.